The van der Waals surface area contributed by atoms with E-state index in [4.69, 9.17) is 0 Å². The van der Waals surface area contributed by atoms with Crippen molar-refractivity contribution < 1.29 is 9.59 Å². The molecular formula is C30H18BrNO2. The first-order chi connectivity index (χ1) is 16.6. The highest BCUT2D eigenvalue weighted by Gasteiger charge is 2.19. The molecule has 0 aliphatic carbocycles. The number of carbonyl (C=O) groups excluding carboxylic acids is 2. The largest absolute Gasteiger partial charge is 0.309 e. The van der Waals surface area contributed by atoms with E-state index >= 15 is 0 Å². The van der Waals surface area contributed by atoms with Gasteiger partial charge in [0.2, 0.25) is 11.6 Å². The molecule has 0 saturated heterocycles. The van der Waals surface area contributed by atoms with Crippen LogP contribution in [0.2, 0.25) is 0 Å². The molecule has 1 heterocycles. The van der Waals surface area contributed by atoms with E-state index < -0.39 is 11.6 Å². The predicted octanol–water partition coefficient (Wildman–Crippen LogP) is 7.77. The lowest BCUT2D eigenvalue weighted by Crippen LogP contribution is -2.14. The molecule has 0 spiro atoms. The molecule has 0 amide bonds. The Morgan fingerprint density at radius 3 is 1.85 bits per heavy atom. The van der Waals surface area contributed by atoms with Gasteiger partial charge in [0.05, 0.1) is 11.0 Å². The van der Waals surface area contributed by atoms with Crippen molar-refractivity contribution in [3.8, 4) is 5.69 Å². The Balaban J connectivity index is 1.46. The van der Waals surface area contributed by atoms with Gasteiger partial charge < -0.3 is 4.57 Å². The first-order valence-corrected chi connectivity index (χ1v) is 11.8. The summed E-state index contributed by atoms with van der Waals surface area (Å²) >= 11 is 3.35. The number of Topliss-reactive ketones (excluding diaryl/α,β-unsaturated/α-hetero) is 2. The molecule has 162 valence electrons. The van der Waals surface area contributed by atoms with Crippen molar-refractivity contribution in [3.05, 3.63) is 125 Å². The zero-order chi connectivity index (χ0) is 23.2. The summed E-state index contributed by atoms with van der Waals surface area (Å²) in [5.74, 6) is -1.02. The van der Waals surface area contributed by atoms with Gasteiger partial charge in [0.25, 0.3) is 0 Å². The molecule has 34 heavy (non-hydrogen) atoms. The summed E-state index contributed by atoms with van der Waals surface area (Å²) in [5.41, 5.74) is 3.90. The quantitative estimate of drug-likeness (QED) is 0.182. The van der Waals surface area contributed by atoms with Gasteiger partial charge >= 0.3 is 0 Å². The van der Waals surface area contributed by atoms with Crippen molar-refractivity contribution in [2.45, 2.75) is 0 Å². The van der Waals surface area contributed by atoms with Gasteiger partial charge in [-0.15, -0.1) is 0 Å². The number of ketones is 2. The number of benzene rings is 5. The smallest absolute Gasteiger partial charge is 0.233 e. The van der Waals surface area contributed by atoms with E-state index in [9.17, 15) is 9.59 Å². The molecule has 6 aromatic rings. The molecule has 3 nitrogen and oxygen atoms in total. The van der Waals surface area contributed by atoms with Gasteiger partial charge in [-0.3, -0.25) is 9.59 Å². The van der Waals surface area contributed by atoms with E-state index in [1.165, 1.54) is 21.5 Å². The zero-order valence-corrected chi connectivity index (χ0v) is 19.6. The van der Waals surface area contributed by atoms with Crippen molar-refractivity contribution in [2.24, 2.45) is 0 Å². The second kappa shape index (κ2) is 8.08. The van der Waals surface area contributed by atoms with E-state index in [0.717, 1.165) is 21.2 Å². The Labute approximate surface area is 204 Å². The summed E-state index contributed by atoms with van der Waals surface area (Å²) in [4.78, 5) is 25.5. The number of carbonyl (C=O) groups is 2. The number of rotatable bonds is 4. The van der Waals surface area contributed by atoms with Crippen molar-refractivity contribution in [1.29, 1.82) is 0 Å². The molecule has 0 saturated carbocycles. The molecular weight excluding hydrogens is 486 g/mol. The van der Waals surface area contributed by atoms with Crippen molar-refractivity contribution >= 4 is 60.1 Å². The SMILES string of the molecule is O=C(C(=O)c1ccc(-n2c3ccccc3c3c4ccccc4ccc32)cc1)c1ccc(Br)cc1. The third-order valence-corrected chi connectivity index (χ3v) is 6.79. The molecule has 0 bridgehead atoms. The van der Waals surface area contributed by atoms with E-state index in [2.05, 4.69) is 75.1 Å². The third-order valence-electron chi connectivity index (χ3n) is 6.26. The van der Waals surface area contributed by atoms with E-state index in [-0.39, 0.29) is 0 Å². The number of halogens is 1. The molecule has 5 aromatic carbocycles. The van der Waals surface area contributed by atoms with Crippen LogP contribution in [-0.2, 0) is 0 Å². The average molecular weight is 504 g/mol. The fourth-order valence-electron chi connectivity index (χ4n) is 4.64. The summed E-state index contributed by atoms with van der Waals surface area (Å²) in [6, 6.07) is 35.2. The van der Waals surface area contributed by atoms with Crippen LogP contribution in [0, 0.1) is 0 Å². The van der Waals surface area contributed by atoms with Crippen LogP contribution in [-0.4, -0.2) is 16.1 Å². The van der Waals surface area contributed by atoms with Gasteiger partial charge in [0.15, 0.2) is 0 Å². The topological polar surface area (TPSA) is 39.1 Å². The maximum atomic E-state index is 12.8. The Morgan fingerprint density at radius 2 is 1.15 bits per heavy atom. The van der Waals surface area contributed by atoms with Crippen LogP contribution in [0.3, 0.4) is 0 Å². The molecule has 0 unspecified atom stereocenters. The van der Waals surface area contributed by atoms with Gasteiger partial charge in [-0.25, -0.2) is 0 Å². The van der Waals surface area contributed by atoms with Crippen LogP contribution in [0.5, 0.6) is 0 Å². The molecule has 0 aliphatic heterocycles. The minimum absolute atomic E-state index is 0.378. The fraction of sp³-hybridized carbons (Fsp3) is 0. The predicted molar refractivity (Wildman–Crippen MR) is 141 cm³/mol. The molecule has 6 rings (SSSR count). The molecule has 0 atom stereocenters. The number of para-hydroxylation sites is 1. The minimum atomic E-state index is -0.512. The van der Waals surface area contributed by atoms with Crippen LogP contribution < -0.4 is 0 Å². The monoisotopic (exact) mass is 503 g/mol. The van der Waals surface area contributed by atoms with Crippen LogP contribution in [0.4, 0.5) is 0 Å². The highest BCUT2D eigenvalue weighted by Crippen LogP contribution is 2.36. The molecule has 0 aliphatic rings. The zero-order valence-electron chi connectivity index (χ0n) is 18.0. The number of aromatic nitrogens is 1. The molecule has 0 fully saturated rings. The Kier molecular flexibility index (Phi) is 4.89. The lowest BCUT2D eigenvalue weighted by molar-refractivity contribution is 0.0817. The van der Waals surface area contributed by atoms with Crippen LogP contribution in [0.1, 0.15) is 20.7 Å². The Morgan fingerprint density at radius 1 is 0.559 bits per heavy atom. The number of fused-ring (bicyclic) bond motifs is 5. The fourth-order valence-corrected chi connectivity index (χ4v) is 4.91. The highest BCUT2D eigenvalue weighted by atomic mass is 79.9. The highest BCUT2D eigenvalue weighted by molar-refractivity contribution is 9.10. The maximum Gasteiger partial charge on any atom is 0.233 e. The first-order valence-electron chi connectivity index (χ1n) is 11.0. The average Bonchev–Trinajstić information content (AvgIpc) is 3.23. The normalized spacial score (nSPS) is 11.3. The molecule has 1 aromatic heterocycles. The van der Waals surface area contributed by atoms with Crippen molar-refractivity contribution in [3.63, 3.8) is 0 Å². The molecule has 4 heteroatoms. The molecule has 0 radical (unpaired) electrons. The standard InChI is InChI=1S/C30H18BrNO2/c31-22-14-9-20(10-15-22)29(33)30(34)21-11-16-23(17-12-21)32-26-8-4-3-7-25(26)28-24-6-2-1-5-19(24)13-18-27(28)32/h1-18H. The van der Waals surface area contributed by atoms with E-state index in [1.54, 1.807) is 36.4 Å². The van der Waals surface area contributed by atoms with Gasteiger partial charge in [0, 0.05) is 32.1 Å². The summed E-state index contributed by atoms with van der Waals surface area (Å²) in [7, 11) is 0. The number of hydrogen-bond donors (Lipinski definition) is 0. The maximum absolute atomic E-state index is 12.8. The summed E-state index contributed by atoms with van der Waals surface area (Å²) in [5, 5.41) is 4.80. The van der Waals surface area contributed by atoms with Crippen LogP contribution >= 0.6 is 15.9 Å². The van der Waals surface area contributed by atoms with Gasteiger partial charge in [-0.05, 0) is 71.4 Å². The first kappa shape index (κ1) is 20.6. The van der Waals surface area contributed by atoms with Crippen molar-refractivity contribution in [2.75, 3.05) is 0 Å². The lowest BCUT2D eigenvalue weighted by atomic mass is 10.0. The van der Waals surface area contributed by atoms with E-state index in [0.29, 0.717) is 11.1 Å². The minimum Gasteiger partial charge on any atom is -0.309 e. The Hall–Kier alpha value is -4.02. The second-order valence-electron chi connectivity index (χ2n) is 8.25. The van der Waals surface area contributed by atoms with Crippen LogP contribution in [0.25, 0.3) is 38.3 Å². The third kappa shape index (κ3) is 3.27. The van der Waals surface area contributed by atoms with Gasteiger partial charge in [0.1, 0.15) is 0 Å². The molecule has 0 N–H and O–H groups in total. The van der Waals surface area contributed by atoms with Crippen molar-refractivity contribution in [1.82, 2.24) is 4.57 Å². The summed E-state index contributed by atoms with van der Waals surface area (Å²) in [6.07, 6.45) is 0. The van der Waals surface area contributed by atoms with E-state index in [1.807, 2.05) is 18.2 Å². The second-order valence-corrected chi connectivity index (χ2v) is 9.16. The summed E-state index contributed by atoms with van der Waals surface area (Å²) < 4.78 is 3.07. The summed E-state index contributed by atoms with van der Waals surface area (Å²) in [6.45, 7) is 0. The Bertz CT molecular complexity index is 1730. The van der Waals surface area contributed by atoms with Gasteiger partial charge in [-0.2, -0.15) is 0 Å². The number of hydrogen-bond acceptors (Lipinski definition) is 2. The number of nitrogens with zero attached hydrogens (tertiary/aromatic N) is 1. The lowest BCUT2D eigenvalue weighted by Gasteiger charge is -2.09. The van der Waals surface area contributed by atoms with Gasteiger partial charge in [-0.1, -0.05) is 64.5 Å². The van der Waals surface area contributed by atoms with Crippen LogP contribution in [0.15, 0.2) is 114 Å².